The fourth-order valence-electron chi connectivity index (χ4n) is 2.52. The Morgan fingerprint density at radius 2 is 2.16 bits per heavy atom. The number of ether oxygens (including phenoxy) is 1. The van der Waals surface area contributed by atoms with E-state index in [1.165, 1.54) is 0 Å². The number of hydrogen-bond acceptors (Lipinski definition) is 3. The third-order valence-corrected chi connectivity index (χ3v) is 4.10. The van der Waals surface area contributed by atoms with E-state index in [9.17, 15) is 9.90 Å². The summed E-state index contributed by atoms with van der Waals surface area (Å²) in [7, 11) is 0. The Kier molecular flexibility index (Phi) is 4.10. The van der Waals surface area contributed by atoms with E-state index in [4.69, 9.17) is 4.74 Å². The van der Waals surface area contributed by atoms with Crippen LogP contribution in [0.3, 0.4) is 0 Å². The van der Waals surface area contributed by atoms with Gasteiger partial charge < -0.3 is 14.7 Å². The fourth-order valence-corrected chi connectivity index (χ4v) is 2.52. The number of aliphatic hydroxyl groups is 1. The molecule has 2 unspecified atom stereocenters. The molecule has 0 spiro atoms. The first-order chi connectivity index (χ1) is 9.08. The van der Waals surface area contributed by atoms with E-state index < -0.39 is 11.6 Å². The second kappa shape index (κ2) is 5.61. The number of amides is 1. The molecule has 19 heavy (non-hydrogen) atoms. The summed E-state index contributed by atoms with van der Waals surface area (Å²) >= 11 is 0. The van der Waals surface area contributed by atoms with Crippen molar-refractivity contribution in [3.63, 3.8) is 0 Å². The summed E-state index contributed by atoms with van der Waals surface area (Å²) in [5.74, 6) is 0. The lowest BCUT2D eigenvalue weighted by Crippen LogP contribution is -2.50. The van der Waals surface area contributed by atoms with Gasteiger partial charge in [0.15, 0.2) is 0 Å². The predicted molar refractivity (Wildman–Crippen MR) is 72.7 cm³/mol. The van der Waals surface area contributed by atoms with Crippen LogP contribution in [-0.2, 0) is 11.3 Å². The number of carbonyl (C=O) groups excluding carboxylic acids is 1. The number of aliphatic hydroxyl groups excluding tert-OH is 1. The highest BCUT2D eigenvalue weighted by Crippen LogP contribution is 2.32. The summed E-state index contributed by atoms with van der Waals surface area (Å²) in [6.45, 7) is 4.71. The number of hydrogen-bond donors (Lipinski definition) is 1. The van der Waals surface area contributed by atoms with Crippen molar-refractivity contribution in [3.05, 3.63) is 35.9 Å². The van der Waals surface area contributed by atoms with Crippen LogP contribution in [0.15, 0.2) is 30.3 Å². The summed E-state index contributed by atoms with van der Waals surface area (Å²) < 4.78 is 5.33. The molecule has 2 rings (SSSR count). The average Bonchev–Trinajstić information content (AvgIpc) is 2.74. The van der Waals surface area contributed by atoms with Crippen LogP contribution in [0, 0.1) is 0 Å². The maximum Gasteiger partial charge on any atom is 0.410 e. The van der Waals surface area contributed by atoms with Gasteiger partial charge in [-0.05, 0) is 25.3 Å². The normalized spacial score (nSPS) is 26.5. The zero-order chi connectivity index (χ0) is 13.9. The highest BCUT2D eigenvalue weighted by Gasteiger charge is 2.46. The van der Waals surface area contributed by atoms with Gasteiger partial charge in [-0.2, -0.15) is 0 Å². The highest BCUT2D eigenvalue weighted by molar-refractivity contribution is 5.69. The average molecular weight is 263 g/mol. The first-order valence-corrected chi connectivity index (χ1v) is 6.74. The Morgan fingerprint density at radius 1 is 1.47 bits per heavy atom. The molecule has 1 saturated heterocycles. The minimum Gasteiger partial charge on any atom is -0.445 e. The molecule has 0 bridgehead atoms. The molecule has 0 radical (unpaired) electrons. The van der Waals surface area contributed by atoms with E-state index in [1.54, 1.807) is 4.90 Å². The number of carbonyl (C=O) groups is 1. The summed E-state index contributed by atoms with van der Waals surface area (Å²) in [4.78, 5) is 13.8. The van der Waals surface area contributed by atoms with Gasteiger partial charge in [0.25, 0.3) is 0 Å². The third-order valence-electron chi connectivity index (χ3n) is 4.10. The van der Waals surface area contributed by atoms with Crippen LogP contribution in [0.25, 0.3) is 0 Å². The maximum atomic E-state index is 12.1. The summed E-state index contributed by atoms with van der Waals surface area (Å²) in [5.41, 5.74) is 0.460. The first-order valence-electron chi connectivity index (χ1n) is 6.74. The van der Waals surface area contributed by atoms with Gasteiger partial charge in [-0.25, -0.2) is 4.79 Å². The van der Waals surface area contributed by atoms with Crippen LogP contribution in [0.1, 0.15) is 32.3 Å². The largest absolute Gasteiger partial charge is 0.445 e. The van der Waals surface area contributed by atoms with Crippen molar-refractivity contribution in [1.82, 2.24) is 4.90 Å². The zero-order valence-electron chi connectivity index (χ0n) is 11.5. The Bertz CT molecular complexity index is 434. The molecule has 4 heteroatoms. The molecule has 1 heterocycles. The number of nitrogens with zero attached hydrogens (tertiary/aromatic N) is 1. The predicted octanol–water partition coefficient (Wildman–Crippen LogP) is 2.56. The molecule has 2 atom stereocenters. The van der Waals surface area contributed by atoms with Gasteiger partial charge in [0.05, 0.1) is 11.6 Å². The molecule has 0 saturated carbocycles. The molecule has 4 nitrogen and oxygen atoms in total. The van der Waals surface area contributed by atoms with Crippen molar-refractivity contribution in [2.75, 3.05) is 6.54 Å². The third kappa shape index (κ3) is 2.73. The van der Waals surface area contributed by atoms with Gasteiger partial charge in [-0.1, -0.05) is 37.3 Å². The van der Waals surface area contributed by atoms with E-state index in [-0.39, 0.29) is 12.7 Å². The lowest BCUT2D eigenvalue weighted by molar-refractivity contribution is 0.0239. The van der Waals surface area contributed by atoms with Crippen LogP contribution < -0.4 is 0 Å². The van der Waals surface area contributed by atoms with Crippen LogP contribution in [-0.4, -0.2) is 34.3 Å². The minimum atomic E-state index is -0.506. The van der Waals surface area contributed by atoms with E-state index in [0.717, 1.165) is 5.56 Å². The molecule has 1 aliphatic rings. The Labute approximate surface area is 114 Å². The van der Waals surface area contributed by atoms with E-state index >= 15 is 0 Å². The van der Waals surface area contributed by atoms with E-state index in [1.807, 2.05) is 44.2 Å². The second-order valence-electron chi connectivity index (χ2n) is 5.21. The van der Waals surface area contributed by atoms with Crippen molar-refractivity contribution in [1.29, 1.82) is 0 Å². The summed E-state index contributed by atoms with van der Waals surface area (Å²) in [6, 6.07) is 9.60. The molecule has 104 valence electrons. The fraction of sp³-hybridized carbons (Fsp3) is 0.533. The molecule has 1 aromatic rings. The minimum absolute atomic E-state index is 0.270. The van der Waals surface area contributed by atoms with Gasteiger partial charge in [-0.15, -0.1) is 0 Å². The number of rotatable bonds is 3. The topological polar surface area (TPSA) is 49.8 Å². The number of benzene rings is 1. The monoisotopic (exact) mass is 263 g/mol. The standard InChI is InChI=1S/C15H21NO3/c1-3-15(2)13(17)9-10-16(15)14(18)19-11-12-7-5-4-6-8-12/h4-8,13,17H,3,9-11H2,1-2H3. The van der Waals surface area contributed by atoms with Gasteiger partial charge in [0, 0.05) is 6.54 Å². The SMILES string of the molecule is CCC1(C)C(O)CCN1C(=O)OCc1ccccc1. The van der Waals surface area contributed by atoms with Gasteiger partial charge in [0.1, 0.15) is 6.61 Å². The van der Waals surface area contributed by atoms with Crippen LogP contribution in [0.2, 0.25) is 0 Å². The molecule has 0 aliphatic carbocycles. The van der Waals surface area contributed by atoms with Crippen molar-refractivity contribution in [2.45, 2.75) is 44.9 Å². The first kappa shape index (κ1) is 13.9. The van der Waals surface area contributed by atoms with E-state index in [0.29, 0.717) is 19.4 Å². The Hall–Kier alpha value is -1.55. The van der Waals surface area contributed by atoms with Gasteiger partial charge in [-0.3, -0.25) is 0 Å². The van der Waals surface area contributed by atoms with Crippen molar-refractivity contribution < 1.29 is 14.6 Å². The zero-order valence-corrected chi connectivity index (χ0v) is 11.5. The molecule has 1 amide bonds. The molecule has 1 aromatic carbocycles. The van der Waals surface area contributed by atoms with Crippen molar-refractivity contribution in [2.24, 2.45) is 0 Å². The summed E-state index contributed by atoms with van der Waals surface area (Å²) in [6.07, 6.45) is 0.519. The Balaban J connectivity index is 1.97. The lowest BCUT2D eigenvalue weighted by Gasteiger charge is -2.35. The summed E-state index contributed by atoms with van der Waals surface area (Å²) in [5, 5.41) is 10.0. The van der Waals surface area contributed by atoms with Crippen molar-refractivity contribution >= 4 is 6.09 Å². The van der Waals surface area contributed by atoms with Gasteiger partial charge >= 0.3 is 6.09 Å². The van der Waals surface area contributed by atoms with Crippen LogP contribution in [0.4, 0.5) is 4.79 Å². The molecule has 1 N–H and O–H groups in total. The maximum absolute atomic E-state index is 12.1. The van der Waals surface area contributed by atoms with Crippen LogP contribution >= 0.6 is 0 Å². The molecular formula is C15H21NO3. The molecule has 1 fully saturated rings. The number of likely N-dealkylation sites (tertiary alicyclic amines) is 1. The second-order valence-corrected chi connectivity index (χ2v) is 5.21. The highest BCUT2D eigenvalue weighted by atomic mass is 16.6. The molecular weight excluding hydrogens is 242 g/mol. The smallest absolute Gasteiger partial charge is 0.410 e. The Morgan fingerprint density at radius 3 is 2.79 bits per heavy atom. The quantitative estimate of drug-likeness (QED) is 0.911. The lowest BCUT2D eigenvalue weighted by atomic mass is 9.93. The van der Waals surface area contributed by atoms with Crippen LogP contribution in [0.5, 0.6) is 0 Å². The van der Waals surface area contributed by atoms with E-state index in [2.05, 4.69) is 0 Å². The van der Waals surface area contributed by atoms with Crippen molar-refractivity contribution in [3.8, 4) is 0 Å². The molecule has 1 aliphatic heterocycles. The molecule has 0 aromatic heterocycles. The van der Waals surface area contributed by atoms with Gasteiger partial charge in [0.2, 0.25) is 0 Å².